The lowest BCUT2D eigenvalue weighted by molar-refractivity contribution is -0.137. The zero-order valence-corrected chi connectivity index (χ0v) is 19.0. The molecule has 1 aromatic heterocycles. The quantitative estimate of drug-likeness (QED) is 0.262. The summed E-state index contributed by atoms with van der Waals surface area (Å²) >= 11 is 0. The van der Waals surface area contributed by atoms with E-state index in [0.29, 0.717) is 34.0 Å². The first-order valence-corrected chi connectivity index (χ1v) is 10.9. The van der Waals surface area contributed by atoms with E-state index in [9.17, 15) is 13.2 Å². The first-order valence-electron chi connectivity index (χ1n) is 10.9. The molecule has 0 saturated heterocycles. The Hall–Kier alpha value is -4.68. The number of halogens is 3. The van der Waals surface area contributed by atoms with Crippen LogP contribution in [0.1, 0.15) is 5.56 Å². The van der Waals surface area contributed by atoms with E-state index in [2.05, 4.69) is 11.8 Å². The fourth-order valence-electron chi connectivity index (χ4n) is 3.59. The van der Waals surface area contributed by atoms with Crippen molar-refractivity contribution in [1.29, 1.82) is 0 Å². The summed E-state index contributed by atoms with van der Waals surface area (Å²) in [6.45, 7) is 0.315. The van der Waals surface area contributed by atoms with Gasteiger partial charge in [-0.15, -0.1) is 12.8 Å². The summed E-state index contributed by atoms with van der Waals surface area (Å²) in [7, 11) is 0. The predicted molar refractivity (Wildman–Crippen MR) is 134 cm³/mol. The molecule has 0 saturated carbocycles. The van der Waals surface area contributed by atoms with Crippen LogP contribution in [0.3, 0.4) is 0 Å². The third-order valence-corrected chi connectivity index (χ3v) is 5.34. The van der Waals surface area contributed by atoms with Crippen LogP contribution in [-0.4, -0.2) is 18.2 Å². The number of rotatable bonds is 7. The van der Waals surface area contributed by atoms with E-state index < -0.39 is 11.7 Å². The molecule has 0 radical (unpaired) electrons. The third kappa shape index (κ3) is 5.68. The fourth-order valence-corrected chi connectivity index (χ4v) is 3.59. The standard InChI is InChI=1S/C30H20F3NO2/c1-3-19-35-25-13-7-22(8-14-25)28-18-17-27(21-5-11-24(12-6-21)30(31,32)33)29(34-28)23-9-15-26(16-10-23)36-20-4-2/h1-2,5-18H,19-20H2. The topological polar surface area (TPSA) is 31.4 Å². The van der Waals surface area contributed by atoms with Gasteiger partial charge in [-0.3, -0.25) is 0 Å². The molecular formula is C30H20F3NO2. The minimum atomic E-state index is -4.41. The van der Waals surface area contributed by atoms with Crippen LogP contribution in [0.2, 0.25) is 0 Å². The zero-order valence-electron chi connectivity index (χ0n) is 19.0. The molecule has 0 spiro atoms. The molecule has 3 aromatic carbocycles. The number of hydrogen-bond acceptors (Lipinski definition) is 3. The van der Waals surface area contributed by atoms with E-state index in [1.165, 1.54) is 12.1 Å². The molecule has 0 aliphatic carbocycles. The van der Waals surface area contributed by atoms with Crippen LogP contribution in [0, 0.1) is 24.7 Å². The Labute approximate surface area is 207 Å². The van der Waals surface area contributed by atoms with Gasteiger partial charge in [-0.2, -0.15) is 13.2 Å². The Kier molecular flexibility index (Phi) is 7.28. The lowest BCUT2D eigenvalue weighted by Gasteiger charge is -2.14. The van der Waals surface area contributed by atoms with Gasteiger partial charge in [0.25, 0.3) is 0 Å². The largest absolute Gasteiger partial charge is 0.481 e. The second kappa shape index (κ2) is 10.7. The number of terminal acetylenes is 2. The van der Waals surface area contributed by atoms with E-state index in [-0.39, 0.29) is 13.2 Å². The highest BCUT2D eigenvalue weighted by Crippen LogP contribution is 2.36. The van der Waals surface area contributed by atoms with Crippen molar-refractivity contribution in [2.75, 3.05) is 13.2 Å². The summed E-state index contributed by atoms with van der Waals surface area (Å²) in [4.78, 5) is 4.88. The maximum Gasteiger partial charge on any atom is 0.416 e. The molecule has 0 fully saturated rings. The summed E-state index contributed by atoms with van der Waals surface area (Å²) in [5.41, 5.74) is 3.52. The van der Waals surface area contributed by atoms with E-state index in [0.717, 1.165) is 23.3 Å². The summed E-state index contributed by atoms with van der Waals surface area (Å²) in [6.07, 6.45) is 6.08. The molecule has 0 unspecified atom stereocenters. The first-order chi connectivity index (χ1) is 17.4. The van der Waals surface area contributed by atoms with Gasteiger partial charge in [0.05, 0.1) is 17.0 Å². The number of nitrogens with zero attached hydrogens (tertiary/aromatic N) is 1. The number of pyridine rings is 1. The lowest BCUT2D eigenvalue weighted by atomic mass is 9.97. The molecule has 0 aliphatic heterocycles. The Morgan fingerprint density at radius 1 is 0.639 bits per heavy atom. The molecule has 0 N–H and O–H groups in total. The number of aromatic nitrogens is 1. The van der Waals surface area contributed by atoms with Gasteiger partial charge in [0.1, 0.15) is 24.7 Å². The average Bonchev–Trinajstić information content (AvgIpc) is 2.90. The SMILES string of the molecule is C#CCOc1ccc(-c2ccc(-c3ccc(C(F)(F)F)cc3)c(-c3ccc(OCC#C)cc3)n2)cc1. The zero-order chi connectivity index (χ0) is 25.5. The highest BCUT2D eigenvalue weighted by Gasteiger charge is 2.30. The molecule has 4 aromatic rings. The lowest BCUT2D eigenvalue weighted by Crippen LogP contribution is -2.04. The van der Waals surface area contributed by atoms with Crippen molar-refractivity contribution in [3.05, 3.63) is 90.5 Å². The second-order valence-electron chi connectivity index (χ2n) is 7.70. The minimum absolute atomic E-state index is 0.144. The monoisotopic (exact) mass is 483 g/mol. The molecule has 1 heterocycles. The van der Waals surface area contributed by atoms with Crippen LogP contribution in [0.15, 0.2) is 84.9 Å². The molecule has 0 aliphatic rings. The van der Waals surface area contributed by atoms with Crippen molar-refractivity contribution in [2.45, 2.75) is 6.18 Å². The number of hydrogen-bond donors (Lipinski definition) is 0. The van der Waals surface area contributed by atoms with Crippen LogP contribution in [0.25, 0.3) is 33.6 Å². The predicted octanol–water partition coefficient (Wildman–Crippen LogP) is 7.13. The minimum Gasteiger partial charge on any atom is -0.481 e. The maximum absolute atomic E-state index is 13.1. The third-order valence-electron chi connectivity index (χ3n) is 5.34. The molecule has 4 rings (SSSR count). The van der Waals surface area contributed by atoms with E-state index in [1.54, 1.807) is 24.3 Å². The van der Waals surface area contributed by atoms with Gasteiger partial charge in [-0.25, -0.2) is 4.98 Å². The van der Waals surface area contributed by atoms with Crippen LogP contribution in [0.4, 0.5) is 13.2 Å². The van der Waals surface area contributed by atoms with Gasteiger partial charge < -0.3 is 9.47 Å². The van der Waals surface area contributed by atoms with Gasteiger partial charge in [-0.1, -0.05) is 30.0 Å². The smallest absolute Gasteiger partial charge is 0.416 e. The first kappa shape index (κ1) is 24.4. The van der Waals surface area contributed by atoms with Crippen LogP contribution >= 0.6 is 0 Å². The van der Waals surface area contributed by atoms with E-state index >= 15 is 0 Å². The van der Waals surface area contributed by atoms with Crippen LogP contribution in [-0.2, 0) is 6.18 Å². The van der Waals surface area contributed by atoms with Crippen molar-refractivity contribution >= 4 is 0 Å². The fraction of sp³-hybridized carbons (Fsp3) is 0.100. The van der Waals surface area contributed by atoms with Crippen molar-refractivity contribution in [3.63, 3.8) is 0 Å². The van der Waals surface area contributed by atoms with Crippen molar-refractivity contribution in [3.8, 4) is 69.8 Å². The number of benzene rings is 3. The number of ether oxygens (including phenoxy) is 2. The molecule has 178 valence electrons. The highest BCUT2D eigenvalue weighted by molar-refractivity contribution is 5.83. The van der Waals surface area contributed by atoms with Crippen molar-refractivity contribution in [2.24, 2.45) is 0 Å². The Bertz CT molecular complexity index is 1410. The molecule has 3 nitrogen and oxygen atoms in total. The summed E-state index contributed by atoms with van der Waals surface area (Å²) in [5, 5.41) is 0. The normalized spacial score (nSPS) is 10.8. The van der Waals surface area contributed by atoms with Gasteiger partial charge in [-0.05, 0) is 72.3 Å². The van der Waals surface area contributed by atoms with E-state index in [1.807, 2.05) is 36.4 Å². The van der Waals surface area contributed by atoms with Crippen LogP contribution < -0.4 is 9.47 Å². The molecular weight excluding hydrogens is 463 g/mol. The Balaban J connectivity index is 1.76. The molecule has 0 atom stereocenters. The molecule has 0 bridgehead atoms. The molecule has 6 heteroatoms. The van der Waals surface area contributed by atoms with Crippen molar-refractivity contribution in [1.82, 2.24) is 4.98 Å². The van der Waals surface area contributed by atoms with Crippen LogP contribution in [0.5, 0.6) is 11.5 Å². The highest BCUT2D eigenvalue weighted by atomic mass is 19.4. The van der Waals surface area contributed by atoms with Crippen molar-refractivity contribution < 1.29 is 22.6 Å². The summed E-state index contributed by atoms with van der Waals surface area (Å²) in [5.74, 6) is 6.08. The Morgan fingerprint density at radius 2 is 1.14 bits per heavy atom. The van der Waals surface area contributed by atoms with Gasteiger partial charge >= 0.3 is 6.18 Å². The second-order valence-corrected chi connectivity index (χ2v) is 7.70. The van der Waals surface area contributed by atoms with Gasteiger partial charge in [0.2, 0.25) is 0 Å². The molecule has 36 heavy (non-hydrogen) atoms. The summed E-state index contributed by atoms with van der Waals surface area (Å²) in [6, 6.07) is 23.3. The number of alkyl halides is 3. The maximum atomic E-state index is 13.1. The van der Waals surface area contributed by atoms with Gasteiger partial charge in [0, 0.05) is 16.7 Å². The average molecular weight is 483 g/mol. The Morgan fingerprint density at radius 3 is 1.64 bits per heavy atom. The van der Waals surface area contributed by atoms with E-state index in [4.69, 9.17) is 27.3 Å². The summed E-state index contributed by atoms with van der Waals surface area (Å²) < 4.78 is 50.1. The van der Waals surface area contributed by atoms with Gasteiger partial charge in [0.15, 0.2) is 0 Å². The molecule has 0 amide bonds.